The molecule has 0 unspecified atom stereocenters. The zero-order chi connectivity index (χ0) is 13.0. The molecular weight excluding hydrogens is 252 g/mol. The van der Waals surface area contributed by atoms with Crippen molar-refractivity contribution in [2.45, 2.75) is 6.92 Å². The number of hydrazone groups is 1. The van der Waals surface area contributed by atoms with Crippen molar-refractivity contribution in [2.75, 3.05) is 0 Å². The van der Waals surface area contributed by atoms with Crippen LogP contribution >= 0.6 is 11.6 Å². The van der Waals surface area contributed by atoms with Crippen molar-refractivity contribution >= 4 is 23.7 Å². The topological polar surface area (TPSA) is 54.6 Å². The highest BCUT2D eigenvalue weighted by atomic mass is 35.5. The first kappa shape index (κ1) is 12.4. The van der Waals surface area contributed by atoms with Gasteiger partial charge in [0.05, 0.1) is 6.21 Å². The molecule has 2 rings (SSSR count). The molecule has 0 aliphatic carbocycles. The third kappa shape index (κ3) is 3.21. The van der Waals surface area contributed by atoms with Gasteiger partial charge in [0.25, 0.3) is 5.91 Å². The standard InChI is InChI=1S/C13H11ClN2O2/c1-9-5-6-12(18-9)8-15-16-13(17)10-3-2-4-11(14)7-10/h2-8H,1H3,(H,16,17)/b15-8-. The second-order valence-electron chi connectivity index (χ2n) is 3.66. The zero-order valence-electron chi connectivity index (χ0n) is 9.68. The van der Waals surface area contributed by atoms with E-state index in [1.807, 2.05) is 13.0 Å². The molecule has 0 aliphatic rings. The Morgan fingerprint density at radius 2 is 2.22 bits per heavy atom. The van der Waals surface area contributed by atoms with E-state index in [-0.39, 0.29) is 5.91 Å². The molecule has 0 bridgehead atoms. The van der Waals surface area contributed by atoms with E-state index < -0.39 is 0 Å². The number of nitrogens with one attached hydrogen (secondary N) is 1. The molecule has 4 nitrogen and oxygen atoms in total. The SMILES string of the molecule is Cc1ccc(/C=N\NC(=O)c2cccc(Cl)c2)o1. The fourth-order valence-electron chi connectivity index (χ4n) is 1.37. The predicted molar refractivity (Wildman–Crippen MR) is 70.0 cm³/mol. The molecule has 0 aliphatic heterocycles. The lowest BCUT2D eigenvalue weighted by atomic mass is 10.2. The highest BCUT2D eigenvalue weighted by Gasteiger charge is 2.03. The van der Waals surface area contributed by atoms with Crippen LogP contribution in [0, 0.1) is 6.92 Å². The van der Waals surface area contributed by atoms with Crippen LogP contribution in [-0.4, -0.2) is 12.1 Å². The summed E-state index contributed by atoms with van der Waals surface area (Å²) in [5.74, 6) is 1.05. The first-order valence-corrected chi connectivity index (χ1v) is 5.68. The minimum atomic E-state index is -0.322. The number of amides is 1. The van der Waals surface area contributed by atoms with Crippen molar-refractivity contribution in [1.82, 2.24) is 5.43 Å². The zero-order valence-corrected chi connectivity index (χ0v) is 10.4. The molecule has 5 heteroatoms. The number of carbonyl (C=O) groups is 1. The molecule has 0 spiro atoms. The fraction of sp³-hybridized carbons (Fsp3) is 0.0769. The Bertz CT molecular complexity index is 590. The normalized spacial score (nSPS) is 10.8. The molecule has 1 N–H and O–H groups in total. The summed E-state index contributed by atoms with van der Waals surface area (Å²) in [6, 6.07) is 10.2. The molecule has 92 valence electrons. The first-order chi connectivity index (χ1) is 8.65. The van der Waals surface area contributed by atoms with Crippen LogP contribution in [0.25, 0.3) is 0 Å². The summed E-state index contributed by atoms with van der Waals surface area (Å²) >= 11 is 5.79. The number of carbonyl (C=O) groups excluding carboxylic acids is 1. The second kappa shape index (κ2) is 5.51. The highest BCUT2D eigenvalue weighted by molar-refractivity contribution is 6.30. The van der Waals surface area contributed by atoms with Crippen molar-refractivity contribution < 1.29 is 9.21 Å². The van der Waals surface area contributed by atoms with Gasteiger partial charge in [-0.2, -0.15) is 5.10 Å². The fourth-order valence-corrected chi connectivity index (χ4v) is 1.56. The lowest BCUT2D eigenvalue weighted by Gasteiger charge is -1.99. The Labute approximate surface area is 109 Å². The quantitative estimate of drug-likeness (QED) is 0.683. The molecule has 0 saturated heterocycles. The average Bonchev–Trinajstić information content (AvgIpc) is 2.75. The summed E-state index contributed by atoms with van der Waals surface area (Å²) in [6.07, 6.45) is 1.44. The molecular formula is C13H11ClN2O2. The minimum absolute atomic E-state index is 0.322. The van der Waals surface area contributed by atoms with E-state index >= 15 is 0 Å². The van der Waals surface area contributed by atoms with Crippen LogP contribution in [0.4, 0.5) is 0 Å². The molecule has 1 aromatic heterocycles. The van der Waals surface area contributed by atoms with Crippen molar-refractivity contribution in [2.24, 2.45) is 5.10 Å². The van der Waals surface area contributed by atoms with Gasteiger partial charge in [0.1, 0.15) is 11.5 Å². The van der Waals surface area contributed by atoms with Gasteiger partial charge in [0.2, 0.25) is 0 Å². The number of benzene rings is 1. The third-order valence-corrected chi connectivity index (χ3v) is 2.44. The maximum atomic E-state index is 11.7. The van der Waals surface area contributed by atoms with E-state index in [0.29, 0.717) is 16.3 Å². The summed E-state index contributed by atoms with van der Waals surface area (Å²) in [5, 5.41) is 4.31. The lowest BCUT2D eigenvalue weighted by Crippen LogP contribution is -2.17. The number of hydrogen-bond donors (Lipinski definition) is 1. The number of furan rings is 1. The summed E-state index contributed by atoms with van der Waals surface area (Å²) in [7, 11) is 0. The molecule has 0 radical (unpaired) electrons. The average molecular weight is 263 g/mol. The molecule has 18 heavy (non-hydrogen) atoms. The van der Waals surface area contributed by atoms with Gasteiger partial charge < -0.3 is 4.42 Å². The van der Waals surface area contributed by atoms with Gasteiger partial charge in [-0.05, 0) is 37.3 Å². The minimum Gasteiger partial charge on any atom is -0.460 e. The van der Waals surface area contributed by atoms with Gasteiger partial charge in [0, 0.05) is 10.6 Å². The van der Waals surface area contributed by atoms with Gasteiger partial charge in [-0.3, -0.25) is 4.79 Å². The highest BCUT2D eigenvalue weighted by Crippen LogP contribution is 2.10. The molecule has 0 saturated carbocycles. The van der Waals surface area contributed by atoms with Crippen molar-refractivity contribution in [3.63, 3.8) is 0 Å². The number of nitrogens with zero attached hydrogens (tertiary/aromatic N) is 1. The third-order valence-electron chi connectivity index (χ3n) is 2.21. The van der Waals surface area contributed by atoms with Crippen LogP contribution in [-0.2, 0) is 0 Å². The molecule has 0 fully saturated rings. The van der Waals surface area contributed by atoms with E-state index in [4.69, 9.17) is 16.0 Å². The van der Waals surface area contributed by atoms with Crippen LogP contribution in [0.15, 0.2) is 45.9 Å². The van der Waals surface area contributed by atoms with E-state index in [0.717, 1.165) is 5.76 Å². The van der Waals surface area contributed by atoms with E-state index in [9.17, 15) is 4.79 Å². The first-order valence-electron chi connectivity index (χ1n) is 5.30. The van der Waals surface area contributed by atoms with Gasteiger partial charge >= 0.3 is 0 Å². The molecule has 1 aromatic carbocycles. The lowest BCUT2D eigenvalue weighted by molar-refractivity contribution is 0.0955. The Balaban J connectivity index is 1.98. The van der Waals surface area contributed by atoms with Crippen LogP contribution < -0.4 is 5.43 Å². The molecule has 1 amide bonds. The number of hydrogen-bond acceptors (Lipinski definition) is 3. The maximum Gasteiger partial charge on any atom is 0.271 e. The van der Waals surface area contributed by atoms with Crippen LogP contribution in [0.1, 0.15) is 21.9 Å². The van der Waals surface area contributed by atoms with Crippen LogP contribution in [0.3, 0.4) is 0 Å². The molecule has 0 atom stereocenters. The summed E-state index contributed by atoms with van der Waals surface area (Å²) in [6.45, 7) is 1.84. The Morgan fingerprint density at radius 3 is 2.89 bits per heavy atom. The summed E-state index contributed by atoms with van der Waals surface area (Å²) < 4.78 is 5.27. The number of rotatable bonds is 3. The summed E-state index contributed by atoms with van der Waals surface area (Å²) in [5.41, 5.74) is 2.85. The largest absolute Gasteiger partial charge is 0.460 e. The molecule has 1 heterocycles. The number of aryl methyl sites for hydroxylation is 1. The Hall–Kier alpha value is -2.07. The van der Waals surface area contributed by atoms with Crippen molar-refractivity contribution in [1.29, 1.82) is 0 Å². The molecule has 2 aromatic rings. The van der Waals surface area contributed by atoms with Gasteiger partial charge in [0.15, 0.2) is 0 Å². The van der Waals surface area contributed by atoms with Gasteiger partial charge in [-0.1, -0.05) is 17.7 Å². The smallest absolute Gasteiger partial charge is 0.271 e. The van der Waals surface area contributed by atoms with E-state index in [1.165, 1.54) is 6.21 Å². The van der Waals surface area contributed by atoms with Gasteiger partial charge in [-0.25, -0.2) is 5.43 Å². The van der Waals surface area contributed by atoms with Crippen molar-refractivity contribution in [3.8, 4) is 0 Å². The van der Waals surface area contributed by atoms with Crippen LogP contribution in [0.2, 0.25) is 5.02 Å². The number of halogens is 1. The van der Waals surface area contributed by atoms with E-state index in [2.05, 4.69) is 10.5 Å². The van der Waals surface area contributed by atoms with E-state index in [1.54, 1.807) is 30.3 Å². The Morgan fingerprint density at radius 1 is 1.39 bits per heavy atom. The maximum absolute atomic E-state index is 11.7. The monoisotopic (exact) mass is 262 g/mol. The predicted octanol–water partition coefficient (Wildman–Crippen LogP) is 3.01. The summed E-state index contributed by atoms with van der Waals surface area (Å²) in [4.78, 5) is 11.7. The Kier molecular flexibility index (Phi) is 3.79. The van der Waals surface area contributed by atoms with Crippen molar-refractivity contribution in [3.05, 3.63) is 58.5 Å². The van der Waals surface area contributed by atoms with Gasteiger partial charge in [-0.15, -0.1) is 0 Å². The second-order valence-corrected chi connectivity index (χ2v) is 4.09. The van der Waals surface area contributed by atoms with Crippen LogP contribution in [0.5, 0.6) is 0 Å².